The first-order chi connectivity index (χ1) is 36.5. The van der Waals surface area contributed by atoms with Crippen LogP contribution in [0.15, 0.2) is 170 Å². The largest absolute Gasteiger partial charge is 0.494 e. The van der Waals surface area contributed by atoms with Crippen LogP contribution < -0.4 is 30.7 Å². The summed E-state index contributed by atoms with van der Waals surface area (Å²) in [6.45, 7) is 8.36. The van der Waals surface area contributed by atoms with Gasteiger partial charge in [0, 0.05) is 97.2 Å². The molecule has 10 nitrogen and oxygen atoms in total. The first-order valence-electron chi connectivity index (χ1n) is 26.2. The fourth-order valence-electron chi connectivity index (χ4n) is 9.83. The van der Waals surface area contributed by atoms with Crippen LogP contribution in [-0.2, 0) is 35.8 Å². The monoisotopic (exact) mass is 999 g/mol. The van der Waals surface area contributed by atoms with Crippen molar-refractivity contribution in [1.29, 1.82) is 0 Å². The molecule has 0 unspecified atom stereocenters. The number of ether oxygens (including phenoxy) is 4. The Kier molecular flexibility index (Phi) is 19.5. The number of piperidine rings is 2. The van der Waals surface area contributed by atoms with Crippen molar-refractivity contribution in [2.24, 2.45) is 0 Å². The third-order valence-corrected chi connectivity index (χ3v) is 13.9. The van der Waals surface area contributed by atoms with Gasteiger partial charge in [-0.05, 0) is 121 Å². The van der Waals surface area contributed by atoms with Crippen molar-refractivity contribution in [3.05, 3.63) is 215 Å². The van der Waals surface area contributed by atoms with Gasteiger partial charge in [0.25, 0.3) is 0 Å². The number of fused-ring (bicyclic) bond motifs is 2. The fourth-order valence-corrected chi connectivity index (χ4v) is 9.83. The van der Waals surface area contributed by atoms with Crippen molar-refractivity contribution in [3.8, 4) is 11.5 Å². The molecule has 4 heterocycles. The van der Waals surface area contributed by atoms with Gasteiger partial charge in [-0.25, -0.2) is 8.78 Å². The summed E-state index contributed by atoms with van der Waals surface area (Å²) in [6.07, 6.45) is 7.36. The zero-order chi connectivity index (χ0) is 50.6. The van der Waals surface area contributed by atoms with Crippen molar-refractivity contribution in [3.63, 3.8) is 0 Å². The highest BCUT2D eigenvalue weighted by atomic mass is 19.1. The van der Waals surface area contributed by atoms with Gasteiger partial charge >= 0.3 is 0 Å². The number of hydrogen-bond donors (Lipinski definition) is 4. The van der Waals surface area contributed by atoms with E-state index in [0.717, 1.165) is 87.5 Å². The summed E-state index contributed by atoms with van der Waals surface area (Å²) in [5, 5.41) is 17.0. The molecular weight excluding hydrogens is 931 g/mol. The standard InChI is InChI=1S/2C31H34FN3O2/c2*32-29-7-2-1-5-26(29)22-36-17-4-18-37-27-11-9-24(10-12-27)28-14-16-33-21-31(28)35-20-23-8-13-30-25(19-23)6-3-15-34-30/h2*1-3,5-13,15,19,28,31,33,35H,4,14,16-18,20-22H2/t2*28-,31-/m10/s1. The van der Waals surface area contributed by atoms with E-state index in [1.165, 1.54) is 45.2 Å². The molecule has 74 heavy (non-hydrogen) atoms. The molecule has 2 aromatic heterocycles. The summed E-state index contributed by atoms with van der Waals surface area (Å²) in [7, 11) is 0. The summed E-state index contributed by atoms with van der Waals surface area (Å²) in [5.41, 5.74) is 8.43. The van der Waals surface area contributed by atoms with Crippen molar-refractivity contribution in [1.82, 2.24) is 31.2 Å². The highest BCUT2D eigenvalue weighted by Gasteiger charge is 2.27. The van der Waals surface area contributed by atoms with Gasteiger partial charge in [-0.15, -0.1) is 0 Å². The molecule has 0 saturated carbocycles. The molecule has 4 atom stereocenters. The van der Waals surface area contributed by atoms with Crippen LogP contribution in [0.5, 0.6) is 11.5 Å². The molecule has 0 amide bonds. The SMILES string of the molecule is Fc1ccccc1COCCCOc1ccc([C@@H]2CCNC[C@@H]2NCc2ccc3ncccc3c2)cc1.Fc1ccccc1COCCCOc1ccc([C@H]2CCNC[C@H]2NCc2ccc3ncccc3c2)cc1. The van der Waals surface area contributed by atoms with Gasteiger partial charge in [-0.2, -0.15) is 0 Å². The summed E-state index contributed by atoms with van der Waals surface area (Å²) < 4.78 is 50.3. The Morgan fingerprint density at radius 2 is 0.932 bits per heavy atom. The molecular formula is C62H68F2N6O4. The van der Waals surface area contributed by atoms with Crippen LogP contribution in [0.3, 0.4) is 0 Å². The maximum absolute atomic E-state index is 13.6. The first kappa shape index (κ1) is 52.2. The second kappa shape index (κ2) is 27.6. The fraction of sp³-hybridized carbons (Fsp3) is 0.323. The van der Waals surface area contributed by atoms with Crippen LogP contribution in [0.2, 0.25) is 0 Å². The number of nitrogens with one attached hydrogen (secondary N) is 4. The maximum atomic E-state index is 13.6. The molecule has 10 rings (SSSR count). The molecule has 0 bridgehead atoms. The number of hydrogen-bond acceptors (Lipinski definition) is 10. The van der Waals surface area contributed by atoms with E-state index >= 15 is 0 Å². The summed E-state index contributed by atoms with van der Waals surface area (Å²) >= 11 is 0. The smallest absolute Gasteiger partial charge is 0.128 e. The number of aromatic nitrogens is 2. The van der Waals surface area contributed by atoms with Crippen LogP contribution in [-0.4, -0.2) is 74.7 Å². The Morgan fingerprint density at radius 1 is 0.486 bits per heavy atom. The predicted molar refractivity (Wildman–Crippen MR) is 290 cm³/mol. The van der Waals surface area contributed by atoms with E-state index in [4.69, 9.17) is 18.9 Å². The van der Waals surface area contributed by atoms with Crippen LogP contribution in [0.25, 0.3) is 21.8 Å². The lowest BCUT2D eigenvalue weighted by molar-refractivity contribution is 0.105. The van der Waals surface area contributed by atoms with Crippen molar-refractivity contribution < 1.29 is 27.7 Å². The van der Waals surface area contributed by atoms with Gasteiger partial charge in [-0.3, -0.25) is 9.97 Å². The Balaban J connectivity index is 0.000000182. The average molecular weight is 999 g/mol. The number of halogens is 2. The third-order valence-electron chi connectivity index (χ3n) is 13.9. The summed E-state index contributed by atoms with van der Waals surface area (Å²) in [6, 6.07) is 52.3. The third kappa shape index (κ3) is 15.2. The van der Waals surface area contributed by atoms with Gasteiger partial charge < -0.3 is 40.2 Å². The van der Waals surface area contributed by atoms with Gasteiger partial charge in [0.1, 0.15) is 23.1 Å². The maximum Gasteiger partial charge on any atom is 0.128 e. The molecule has 0 aliphatic carbocycles. The Hall–Kier alpha value is -6.64. The highest BCUT2D eigenvalue weighted by molar-refractivity contribution is 5.79. The van der Waals surface area contributed by atoms with Crippen LogP contribution in [0.1, 0.15) is 70.9 Å². The second-order valence-electron chi connectivity index (χ2n) is 19.1. The molecule has 384 valence electrons. The normalized spacial score (nSPS) is 17.6. The van der Waals surface area contributed by atoms with Crippen LogP contribution in [0.4, 0.5) is 8.78 Å². The molecule has 2 aliphatic rings. The minimum atomic E-state index is -0.226. The first-order valence-corrected chi connectivity index (χ1v) is 26.2. The Labute approximate surface area is 434 Å². The van der Waals surface area contributed by atoms with E-state index in [9.17, 15) is 8.78 Å². The summed E-state index contributed by atoms with van der Waals surface area (Å²) in [5.74, 6) is 2.17. The molecule has 0 radical (unpaired) electrons. The van der Waals surface area contributed by atoms with Gasteiger partial charge in [-0.1, -0.05) is 84.9 Å². The molecule has 6 aromatic carbocycles. The molecule has 0 spiro atoms. The van der Waals surface area contributed by atoms with E-state index in [-0.39, 0.29) is 24.8 Å². The quantitative estimate of drug-likeness (QED) is 0.0490. The molecule has 4 N–H and O–H groups in total. The van der Waals surface area contributed by atoms with Gasteiger partial charge in [0.15, 0.2) is 0 Å². The predicted octanol–water partition coefficient (Wildman–Crippen LogP) is 11.2. The lowest BCUT2D eigenvalue weighted by Gasteiger charge is -2.33. The van der Waals surface area contributed by atoms with E-state index in [2.05, 4.69) is 128 Å². The van der Waals surface area contributed by atoms with Crippen molar-refractivity contribution in [2.45, 2.75) is 75.9 Å². The number of rotatable bonds is 22. The lowest BCUT2D eigenvalue weighted by Crippen LogP contribution is -2.47. The van der Waals surface area contributed by atoms with E-state index < -0.39 is 0 Å². The van der Waals surface area contributed by atoms with Gasteiger partial charge in [0.2, 0.25) is 0 Å². The molecule has 8 aromatic rings. The number of nitrogens with zero attached hydrogens (tertiary/aromatic N) is 2. The van der Waals surface area contributed by atoms with Crippen LogP contribution in [0, 0.1) is 11.6 Å². The van der Waals surface area contributed by atoms with Crippen molar-refractivity contribution in [2.75, 3.05) is 52.6 Å². The Bertz CT molecular complexity index is 2760. The van der Waals surface area contributed by atoms with E-state index in [1.807, 2.05) is 36.7 Å². The molecule has 2 aliphatic heterocycles. The second-order valence-corrected chi connectivity index (χ2v) is 19.1. The average Bonchev–Trinajstić information content (AvgIpc) is 3.45. The van der Waals surface area contributed by atoms with Crippen LogP contribution >= 0.6 is 0 Å². The van der Waals surface area contributed by atoms with Gasteiger partial charge in [0.05, 0.1) is 50.7 Å². The highest BCUT2D eigenvalue weighted by Crippen LogP contribution is 2.30. The minimum Gasteiger partial charge on any atom is -0.494 e. The zero-order valence-corrected chi connectivity index (χ0v) is 42.1. The summed E-state index contributed by atoms with van der Waals surface area (Å²) in [4.78, 5) is 8.84. The topological polar surface area (TPSA) is 111 Å². The molecule has 2 fully saturated rings. The van der Waals surface area contributed by atoms with E-state index in [1.54, 1.807) is 24.3 Å². The zero-order valence-electron chi connectivity index (χ0n) is 42.1. The number of benzene rings is 6. The number of pyridine rings is 2. The van der Waals surface area contributed by atoms with Crippen molar-refractivity contribution >= 4 is 21.8 Å². The molecule has 12 heteroatoms. The lowest BCUT2D eigenvalue weighted by atomic mass is 9.86. The molecule has 2 saturated heterocycles. The van der Waals surface area contributed by atoms with E-state index in [0.29, 0.717) is 61.5 Å². The Morgan fingerprint density at radius 3 is 1.38 bits per heavy atom. The minimum absolute atomic E-state index is 0.226.